The fraction of sp³-hybridized carbons (Fsp3) is 0.500. The molecule has 0 unspecified atom stereocenters. The predicted molar refractivity (Wildman–Crippen MR) is 84.0 cm³/mol. The minimum absolute atomic E-state index is 0.129. The van der Waals surface area contributed by atoms with E-state index in [-0.39, 0.29) is 11.9 Å². The molecule has 114 valence electrons. The summed E-state index contributed by atoms with van der Waals surface area (Å²) in [7, 11) is 0. The molecule has 1 aromatic carbocycles. The first-order chi connectivity index (χ1) is 9.79. The Kier molecular flexibility index (Phi) is 4.71. The van der Waals surface area contributed by atoms with Gasteiger partial charge in [-0.3, -0.25) is 4.79 Å². The second kappa shape index (κ2) is 6.18. The molecule has 1 amide bonds. The highest BCUT2D eigenvalue weighted by atomic mass is 79.9. The Morgan fingerprint density at radius 2 is 1.95 bits per heavy atom. The minimum atomic E-state index is -0.540. The molecule has 1 saturated heterocycles. The summed E-state index contributed by atoms with van der Waals surface area (Å²) >= 11 is 3.39. The maximum absolute atomic E-state index is 12.6. The summed E-state index contributed by atoms with van der Waals surface area (Å²) in [5.74, 6) is -0.448. The van der Waals surface area contributed by atoms with Crippen molar-refractivity contribution in [3.8, 4) is 0 Å². The molecule has 0 bridgehead atoms. The van der Waals surface area contributed by atoms with E-state index < -0.39 is 11.6 Å². The van der Waals surface area contributed by atoms with Crippen molar-refractivity contribution in [2.45, 2.75) is 45.3 Å². The highest BCUT2D eigenvalue weighted by molar-refractivity contribution is 9.10. The Morgan fingerprint density at radius 3 is 2.57 bits per heavy atom. The fourth-order valence-corrected chi connectivity index (χ4v) is 2.87. The predicted octanol–water partition coefficient (Wildman–Crippen LogP) is 3.40. The van der Waals surface area contributed by atoms with Crippen molar-refractivity contribution >= 4 is 27.8 Å². The van der Waals surface area contributed by atoms with E-state index in [1.54, 1.807) is 11.0 Å². The molecule has 0 N–H and O–H groups in total. The molecule has 0 spiro atoms. The molecule has 1 aliphatic heterocycles. The molecular formula is C16H20BrNO3. The van der Waals surface area contributed by atoms with Crippen molar-refractivity contribution in [2.75, 3.05) is 6.54 Å². The summed E-state index contributed by atoms with van der Waals surface area (Å²) in [5.41, 5.74) is 0.0369. The van der Waals surface area contributed by atoms with Crippen molar-refractivity contribution in [3.63, 3.8) is 0 Å². The number of carbonyl (C=O) groups is 2. The van der Waals surface area contributed by atoms with E-state index in [0.29, 0.717) is 18.5 Å². The first kappa shape index (κ1) is 16.0. The largest absolute Gasteiger partial charge is 0.458 e. The van der Waals surface area contributed by atoms with Gasteiger partial charge in [0, 0.05) is 11.0 Å². The van der Waals surface area contributed by atoms with E-state index in [0.717, 1.165) is 10.9 Å². The molecule has 21 heavy (non-hydrogen) atoms. The van der Waals surface area contributed by atoms with E-state index in [2.05, 4.69) is 15.9 Å². The van der Waals surface area contributed by atoms with Crippen LogP contribution in [0.2, 0.25) is 0 Å². The molecule has 0 aromatic heterocycles. The van der Waals surface area contributed by atoms with Crippen LogP contribution in [-0.4, -0.2) is 35.0 Å². The third-order valence-corrected chi connectivity index (χ3v) is 3.99. The van der Waals surface area contributed by atoms with Gasteiger partial charge in [-0.25, -0.2) is 4.79 Å². The smallest absolute Gasteiger partial charge is 0.329 e. The zero-order valence-electron chi connectivity index (χ0n) is 12.6. The van der Waals surface area contributed by atoms with Crippen LogP contribution in [0.4, 0.5) is 0 Å². The second-order valence-electron chi connectivity index (χ2n) is 6.17. The first-order valence-corrected chi connectivity index (χ1v) is 7.87. The summed E-state index contributed by atoms with van der Waals surface area (Å²) < 4.78 is 6.16. The molecule has 0 saturated carbocycles. The zero-order chi connectivity index (χ0) is 15.6. The number of rotatable bonds is 2. The quantitative estimate of drug-likeness (QED) is 0.765. The molecule has 5 heteroatoms. The number of nitrogens with zero attached hydrogens (tertiary/aromatic N) is 1. The molecule has 1 aromatic rings. The topological polar surface area (TPSA) is 46.6 Å². The monoisotopic (exact) mass is 353 g/mol. The average molecular weight is 354 g/mol. The molecular weight excluding hydrogens is 334 g/mol. The highest BCUT2D eigenvalue weighted by Crippen LogP contribution is 2.25. The van der Waals surface area contributed by atoms with Crippen molar-refractivity contribution in [2.24, 2.45) is 0 Å². The molecule has 2 rings (SSSR count). The van der Waals surface area contributed by atoms with Crippen LogP contribution in [0.25, 0.3) is 0 Å². The number of ether oxygens (including phenoxy) is 1. The van der Waals surface area contributed by atoms with Crippen LogP contribution in [-0.2, 0) is 9.53 Å². The second-order valence-corrected chi connectivity index (χ2v) is 7.02. The SMILES string of the molecule is CC(C)(C)OC(=O)[C@@H]1CCCN1C(=O)c1ccccc1Br. The molecule has 0 aliphatic carbocycles. The van der Waals surface area contributed by atoms with Crippen molar-refractivity contribution in [1.82, 2.24) is 4.90 Å². The van der Waals surface area contributed by atoms with Crippen LogP contribution in [0.1, 0.15) is 44.0 Å². The molecule has 1 fully saturated rings. The van der Waals surface area contributed by atoms with E-state index in [9.17, 15) is 9.59 Å². The molecule has 1 heterocycles. The maximum atomic E-state index is 12.6. The molecule has 4 nitrogen and oxygen atoms in total. The number of benzene rings is 1. The lowest BCUT2D eigenvalue weighted by Gasteiger charge is -2.27. The Labute approximate surface area is 133 Å². The van der Waals surface area contributed by atoms with Crippen molar-refractivity contribution in [3.05, 3.63) is 34.3 Å². The summed E-state index contributed by atoms with van der Waals surface area (Å²) in [5, 5.41) is 0. The van der Waals surface area contributed by atoms with Gasteiger partial charge in [0.25, 0.3) is 5.91 Å². The number of esters is 1. The van der Waals surface area contributed by atoms with Crippen LogP contribution < -0.4 is 0 Å². The van der Waals surface area contributed by atoms with Gasteiger partial charge < -0.3 is 9.64 Å². The van der Waals surface area contributed by atoms with Gasteiger partial charge in [-0.2, -0.15) is 0 Å². The Balaban J connectivity index is 2.17. The number of halogens is 1. The van der Waals surface area contributed by atoms with Crippen LogP contribution >= 0.6 is 15.9 Å². The van der Waals surface area contributed by atoms with Crippen LogP contribution in [0.5, 0.6) is 0 Å². The Hall–Kier alpha value is -1.36. The fourth-order valence-electron chi connectivity index (χ4n) is 2.41. The van der Waals surface area contributed by atoms with Crippen LogP contribution in [0, 0.1) is 0 Å². The molecule has 0 radical (unpaired) electrons. The number of amides is 1. The van der Waals surface area contributed by atoms with Crippen molar-refractivity contribution < 1.29 is 14.3 Å². The zero-order valence-corrected chi connectivity index (χ0v) is 14.1. The van der Waals surface area contributed by atoms with Crippen LogP contribution in [0.15, 0.2) is 28.7 Å². The Morgan fingerprint density at radius 1 is 1.29 bits per heavy atom. The van der Waals surface area contributed by atoms with Gasteiger partial charge in [-0.05, 0) is 61.7 Å². The van der Waals surface area contributed by atoms with E-state index in [1.165, 1.54) is 0 Å². The summed E-state index contributed by atoms with van der Waals surface area (Å²) in [4.78, 5) is 26.5. The minimum Gasteiger partial charge on any atom is -0.458 e. The normalized spacial score (nSPS) is 18.7. The van der Waals surface area contributed by atoms with Crippen LogP contribution in [0.3, 0.4) is 0 Å². The summed E-state index contributed by atoms with van der Waals surface area (Å²) in [6.07, 6.45) is 1.48. The van der Waals surface area contributed by atoms with Gasteiger partial charge in [-0.1, -0.05) is 12.1 Å². The lowest BCUT2D eigenvalue weighted by atomic mass is 10.1. The van der Waals surface area contributed by atoms with Gasteiger partial charge in [0.05, 0.1) is 5.56 Å². The molecule has 1 atom stereocenters. The van der Waals surface area contributed by atoms with E-state index in [4.69, 9.17) is 4.74 Å². The third kappa shape index (κ3) is 3.84. The lowest BCUT2D eigenvalue weighted by Crippen LogP contribution is -2.43. The third-order valence-electron chi connectivity index (χ3n) is 3.30. The summed E-state index contributed by atoms with van der Waals surface area (Å²) in [6.45, 7) is 6.09. The summed E-state index contributed by atoms with van der Waals surface area (Å²) in [6, 6.07) is 6.78. The first-order valence-electron chi connectivity index (χ1n) is 7.08. The van der Waals surface area contributed by atoms with Gasteiger partial charge >= 0.3 is 5.97 Å². The number of hydrogen-bond donors (Lipinski definition) is 0. The maximum Gasteiger partial charge on any atom is 0.329 e. The van der Waals surface area contributed by atoms with Gasteiger partial charge in [0.1, 0.15) is 11.6 Å². The van der Waals surface area contributed by atoms with E-state index in [1.807, 2.05) is 39.0 Å². The number of likely N-dealkylation sites (tertiary alicyclic amines) is 1. The average Bonchev–Trinajstić information content (AvgIpc) is 2.85. The number of carbonyl (C=O) groups excluding carboxylic acids is 2. The van der Waals surface area contributed by atoms with Gasteiger partial charge in [0.15, 0.2) is 0 Å². The Bertz CT molecular complexity index is 551. The van der Waals surface area contributed by atoms with E-state index >= 15 is 0 Å². The van der Waals surface area contributed by atoms with Gasteiger partial charge in [-0.15, -0.1) is 0 Å². The lowest BCUT2D eigenvalue weighted by molar-refractivity contribution is -0.159. The number of hydrogen-bond acceptors (Lipinski definition) is 3. The van der Waals surface area contributed by atoms with Gasteiger partial charge in [0.2, 0.25) is 0 Å². The molecule has 1 aliphatic rings. The van der Waals surface area contributed by atoms with Crippen molar-refractivity contribution in [1.29, 1.82) is 0 Å². The standard InChI is InChI=1S/C16H20BrNO3/c1-16(2,3)21-15(20)13-9-6-10-18(13)14(19)11-7-4-5-8-12(11)17/h4-5,7-8,13H,6,9-10H2,1-3H3/t13-/m0/s1. The highest BCUT2D eigenvalue weighted by Gasteiger charge is 2.37.